The second kappa shape index (κ2) is 8.94. The Morgan fingerprint density at radius 2 is 1.85 bits per heavy atom. The summed E-state index contributed by atoms with van der Waals surface area (Å²) in [6.07, 6.45) is 5.87. The number of esters is 2. The van der Waals surface area contributed by atoms with E-state index in [9.17, 15) is 9.59 Å². The molecule has 0 unspecified atom stereocenters. The topological polar surface area (TPSA) is 52.6 Å². The van der Waals surface area contributed by atoms with Crippen molar-refractivity contribution in [2.24, 2.45) is 5.41 Å². The molecular weight excluding hydrogens is 387 g/mol. The van der Waals surface area contributed by atoms with E-state index in [1.807, 2.05) is 0 Å². The van der Waals surface area contributed by atoms with Crippen LogP contribution < -0.4 is 0 Å². The molecule has 1 aromatic rings. The van der Waals surface area contributed by atoms with E-state index in [1.54, 1.807) is 25.1 Å². The number of benzene rings is 1. The van der Waals surface area contributed by atoms with Gasteiger partial charge in [-0.3, -0.25) is 4.79 Å². The SMILES string of the molecule is C=CC[C@@]1(OC(=O)c2ccc(Cl)c(Cl)c2)CCC[C@@]1(CC=C)C(=O)OCC. The second-order valence-electron chi connectivity index (χ2n) is 6.65. The van der Waals surface area contributed by atoms with Gasteiger partial charge in [-0.05, 0) is 50.8 Å². The highest BCUT2D eigenvalue weighted by Gasteiger charge is 2.61. The summed E-state index contributed by atoms with van der Waals surface area (Å²) >= 11 is 12.0. The van der Waals surface area contributed by atoms with E-state index in [4.69, 9.17) is 32.7 Å². The van der Waals surface area contributed by atoms with Gasteiger partial charge in [-0.1, -0.05) is 35.4 Å². The molecule has 6 heteroatoms. The van der Waals surface area contributed by atoms with E-state index in [0.717, 1.165) is 6.42 Å². The van der Waals surface area contributed by atoms with Crippen LogP contribution in [0.25, 0.3) is 0 Å². The van der Waals surface area contributed by atoms with Gasteiger partial charge in [0.1, 0.15) is 11.0 Å². The molecule has 1 aliphatic rings. The van der Waals surface area contributed by atoms with E-state index >= 15 is 0 Å². The van der Waals surface area contributed by atoms with Gasteiger partial charge in [0.05, 0.1) is 22.2 Å². The Hall–Kier alpha value is -1.78. The summed E-state index contributed by atoms with van der Waals surface area (Å²) in [7, 11) is 0. The molecule has 0 spiro atoms. The summed E-state index contributed by atoms with van der Waals surface area (Å²) in [6, 6.07) is 4.55. The normalized spacial score (nSPS) is 24.3. The lowest BCUT2D eigenvalue weighted by Crippen LogP contribution is -2.52. The van der Waals surface area contributed by atoms with E-state index in [2.05, 4.69) is 13.2 Å². The molecule has 0 saturated heterocycles. The van der Waals surface area contributed by atoms with Gasteiger partial charge in [0.25, 0.3) is 0 Å². The highest BCUT2D eigenvalue weighted by atomic mass is 35.5. The minimum Gasteiger partial charge on any atom is -0.465 e. The van der Waals surface area contributed by atoms with Gasteiger partial charge in [-0.15, -0.1) is 13.2 Å². The standard InChI is InChI=1S/C21H24Cl2O4/c1-4-10-20(19(25)26-6-3)12-7-13-21(20,11-5-2)27-18(24)15-8-9-16(22)17(23)14-15/h4-5,8-9,14H,1-2,6-7,10-13H2,3H3/t20-,21+/m0/s1. The number of rotatable bonds is 8. The summed E-state index contributed by atoms with van der Waals surface area (Å²) in [5.41, 5.74) is -1.75. The third-order valence-electron chi connectivity index (χ3n) is 5.13. The largest absolute Gasteiger partial charge is 0.465 e. The molecule has 146 valence electrons. The van der Waals surface area contributed by atoms with Crippen molar-refractivity contribution < 1.29 is 19.1 Å². The average molecular weight is 411 g/mol. The van der Waals surface area contributed by atoms with Crippen molar-refractivity contribution in [2.45, 2.75) is 44.6 Å². The molecule has 2 atom stereocenters. The number of carbonyl (C=O) groups is 2. The molecule has 1 aliphatic carbocycles. The van der Waals surface area contributed by atoms with Crippen LogP contribution in [0.3, 0.4) is 0 Å². The van der Waals surface area contributed by atoms with Crippen molar-refractivity contribution in [3.05, 3.63) is 59.1 Å². The van der Waals surface area contributed by atoms with Crippen LogP contribution in [0, 0.1) is 5.41 Å². The molecule has 1 fully saturated rings. The Bertz CT molecular complexity index is 746. The van der Waals surface area contributed by atoms with Gasteiger partial charge >= 0.3 is 11.9 Å². The Balaban J connectivity index is 2.45. The molecule has 0 heterocycles. The lowest BCUT2D eigenvalue weighted by Gasteiger charge is -2.42. The molecule has 2 rings (SSSR count). The molecule has 0 amide bonds. The van der Waals surface area contributed by atoms with Crippen molar-refractivity contribution in [2.75, 3.05) is 6.61 Å². The molecule has 27 heavy (non-hydrogen) atoms. The zero-order chi connectivity index (χ0) is 20.1. The van der Waals surface area contributed by atoms with Crippen LogP contribution in [0.15, 0.2) is 43.5 Å². The minimum absolute atomic E-state index is 0.253. The average Bonchev–Trinajstić information content (AvgIpc) is 2.97. The molecule has 1 aromatic carbocycles. The maximum atomic E-state index is 12.9. The highest BCUT2D eigenvalue weighted by molar-refractivity contribution is 6.42. The van der Waals surface area contributed by atoms with Gasteiger partial charge in [0.2, 0.25) is 0 Å². The first-order valence-corrected chi connectivity index (χ1v) is 9.69. The summed E-state index contributed by atoms with van der Waals surface area (Å²) in [5, 5.41) is 0.612. The Morgan fingerprint density at radius 1 is 1.15 bits per heavy atom. The number of halogens is 2. The van der Waals surface area contributed by atoms with Gasteiger partial charge in [0, 0.05) is 6.42 Å². The maximum Gasteiger partial charge on any atom is 0.338 e. The van der Waals surface area contributed by atoms with Crippen LogP contribution in [0.2, 0.25) is 10.0 Å². The fourth-order valence-electron chi connectivity index (χ4n) is 3.90. The van der Waals surface area contributed by atoms with E-state index < -0.39 is 17.0 Å². The van der Waals surface area contributed by atoms with Crippen LogP contribution >= 0.6 is 23.2 Å². The van der Waals surface area contributed by atoms with Gasteiger partial charge < -0.3 is 9.47 Å². The molecule has 0 aliphatic heterocycles. The summed E-state index contributed by atoms with van der Waals surface area (Å²) in [6.45, 7) is 9.60. The van der Waals surface area contributed by atoms with Gasteiger partial charge in [-0.25, -0.2) is 4.79 Å². The van der Waals surface area contributed by atoms with Crippen LogP contribution in [0.5, 0.6) is 0 Å². The van der Waals surface area contributed by atoms with Crippen LogP contribution in [-0.2, 0) is 14.3 Å². The Kier molecular flexibility index (Phi) is 7.12. The maximum absolute atomic E-state index is 12.9. The van der Waals surface area contributed by atoms with Crippen LogP contribution in [0.4, 0.5) is 0 Å². The highest BCUT2D eigenvalue weighted by Crippen LogP contribution is 2.54. The monoisotopic (exact) mass is 410 g/mol. The zero-order valence-corrected chi connectivity index (χ0v) is 16.9. The first kappa shape index (κ1) is 21.5. The quantitative estimate of drug-likeness (QED) is 0.402. The third-order valence-corrected chi connectivity index (χ3v) is 5.87. The number of hydrogen-bond donors (Lipinski definition) is 0. The van der Waals surface area contributed by atoms with Crippen molar-refractivity contribution in [3.63, 3.8) is 0 Å². The summed E-state index contributed by atoms with van der Waals surface area (Å²) in [5.74, 6) is -0.929. The molecule has 0 bridgehead atoms. The fraction of sp³-hybridized carbons (Fsp3) is 0.429. The molecule has 0 aromatic heterocycles. The lowest BCUT2D eigenvalue weighted by molar-refractivity contribution is -0.171. The first-order valence-electron chi connectivity index (χ1n) is 8.93. The number of ether oxygens (including phenoxy) is 2. The Morgan fingerprint density at radius 3 is 2.44 bits per heavy atom. The fourth-order valence-corrected chi connectivity index (χ4v) is 4.20. The first-order chi connectivity index (χ1) is 12.9. The van der Waals surface area contributed by atoms with Gasteiger partial charge in [0.15, 0.2) is 0 Å². The molecule has 0 N–H and O–H groups in total. The van der Waals surface area contributed by atoms with Gasteiger partial charge in [-0.2, -0.15) is 0 Å². The van der Waals surface area contributed by atoms with Crippen molar-refractivity contribution in [1.82, 2.24) is 0 Å². The van der Waals surface area contributed by atoms with Crippen molar-refractivity contribution >= 4 is 35.1 Å². The van der Waals surface area contributed by atoms with E-state index in [1.165, 1.54) is 12.1 Å². The predicted octanol–water partition coefficient (Wildman–Crippen LogP) is 5.77. The smallest absolute Gasteiger partial charge is 0.338 e. The van der Waals surface area contributed by atoms with Crippen molar-refractivity contribution in [3.8, 4) is 0 Å². The lowest BCUT2D eigenvalue weighted by atomic mass is 9.69. The molecule has 4 nitrogen and oxygen atoms in total. The molecule has 0 radical (unpaired) electrons. The van der Waals surface area contributed by atoms with Crippen LogP contribution in [0.1, 0.15) is 49.4 Å². The van der Waals surface area contributed by atoms with E-state index in [0.29, 0.717) is 30.7 Å². The summed E-state index contributed by atoms with van der Waals surface area (Å²) < 4.78 is 11.4. The van der Waals surface area contributed by atoms with E-state index in [-0.39, 0.29) is 23.2 Å². The molecular formula is C21H24Cl2O4. The third kappa shape index (κ3) is 4.07. The minimum atomic E-state index is -1.04. The Labute approximate surface area is 170 Å². The molecule has 1 saturated carbocycles. The van der Waals surface area contributed by atoms with Crippen molar-refractivity contribution in [1.29, 1.82) is 0 Å². The predicted molar refractivity (Wildman–Crippen MR) is 107 cm³/mol. The number of hydrogen-bond acceptors (Lipinski definition) is 4. The zero-order valence-electron chi connectivity index (χ0n) is 15.4. The number of allylic oxidation sites excluding steroid dienone is 1. The van der Waals surface area contributed by atoms with Crippen LogP contribution in [-0.4, -0.2) is 24.1 Å². The number of carbonyl (C=O) groups excluding carboxylic acids is 2. The second-order valence-corrected chi connectivity index (χ2v) is 7.47. The summed E-state index contributed by atoms with van der Waals surface area (Å²) in [4.78, 5) is 25.8.